The molecule has 2 aromatic carbocycles. The summed E-state index contributed by atoms with van der Waals surface area (Å²) in [6.07, 6.45) is 3.52. The molecule has 130 valence electrons. The fourth-order valence-electron chi connectivity index (χ4n) is 2.81. The average molecular weight is 364 g/mol. The van der Waals surface area contributed by atoms with E-state index in [1.54, 1.807) is 17.6 Å². The van der Waals surface area contributed by atoms with Gasteiger partial charge in [0.1, 0.15) is 6.61 Å². The van der Waals surface area contributed by atoms with Gasteiger partial charge in [0.25, 0.3) is 5.56 Å². The summed E-state index contributed by atoms with van der Waals surface area (Å²) in [4.78, 5) is 18.0. The minimum Gasteiger partial charge on any atom is -0.493 e. The maximum absolute atomic E-state index is 12.8. The molecule has 0 amide bonds. The number of rotatable bonds is 5. The molecule has 6 heteroatoms. The van der Waals surface area contributed by atoms with E-state index in [1.165, 1.54) is 11.3 Å². The molecule has 4 rings (SSSR count). The number of thiazole rings is 1. The summed E-state index contributed by atoms with van der Waals surface area (Å²) in [6.45, 7) is 4.04. The van der Waals surface area contributed by atoms with Gasteiger partial charge in [-0.3, -0.25) is 4.79 Å². The molecule has 0 bridgehead atoms. The second-order valence-corrected chi connectivity index (χ2v) is 6.65. The number of imidazole rings is 1. The van der Waals surface area contributed by atoms with Crippen LogP contribution in [0, 0.1) is 0 Å². The Morgan fingerprint density at radius 3 is 2.88 bits per heavy atom. The van der Waals surface area contributed by atoms with Crippen molar-refractivity contribution in [3.05, 3.63) is 75.6 Å². The highest BCUT2D eigenvalue weighted by Gasteiger charge is 2.11. The average Bonchev–Trinajstić information content (AvgIpc) is 3.17. The number of ether oxygens (including phenoxy) is 2. The number of aromatic nitrogens is 2. The van der Waals surface area contributed by atoms with E-state index in [0.29, 0.717) is 27.6 Å². The molecular weight excluding hydrogens is 348 g/mol. The van der Waals surface area contributed by atoms with E-state index < -0.39 is 0 Å². The quantitative estimate of drug-likeness (QED) is 0.511. The van der Waals surface area contributed by atoms with E-state index in [9.17, 15) is 4.79 Å². The summed E-state index contributed by atoms with van der Waals surface area (Å²) in [5.74, 6) is 1.25. The second kappa shape index (κ2) is 6.65. The van der Waals surface area contributed by atoms with Gasteiger partial charge in [-0.2, -0.15) is 0 Å². The monoisotopic (exact) mass is 364 g/mol. The Bertz CT molecular complexity index is 1220. The number of hydrogen-bond acceptors (Lipinski definition) is 5. The van der Waals surface area contributed by atoms with Gasteiger partial charge < -0.3 is 9.47 Å². The van der Waals surface area contributed by atoms with Gasteiger partial charge in [0, 0.05) is 0 Å². The highest BCUT2D eigenvalue weighted by Crippen LogP contribution is 2.28. The summed E-state index contributed by atoms with van der Waals surface area (Å²) >= 11 is 1.37. The van der Waals surface area contributed by atoms with Gasteiger partial charge in [-0.15, -0.1) is 0 Å². The van der Waals surface area contributed by atoms with E-state index >= 15 is 0 Å². The Kier molecular flexibility index (Phi) is 4.18. The lowest BCUT2D eigenvalue weighted by molar-refractivity contribution is 0.326. The van der Waals surface area contributed by atoms with Crippen molar-refractivity contribution in [1.82, 2.24) is 9.38 Å². The zero-order valence-electron chi connectivity index (χ0n) is 14.1. The van der Waals surface area contributed by atoms with Crippen molar-refractivity contribution in [3.63, 3.8) is 0 Å². The summed E-state index contributed by atoms with van der Waals surface area (Å²) in [7, 11) is 1.59. The summed E-state index contributed by atoms with van der Waals surface area (Å²) in [6, 6.07) is 13.2. The zero-order chi connectivity index (χ0) is 18.1. The smallest absolute Gasteiger partial charge is 0.274 e. The molecule has 0 aliphatic carbocycles. The van der Waals surface area contributed by atoms with Crippen LogP contribution in [-0.4, -0.2) is 23.1 Å². The van der Waals surface area contributed by atoms with E-state index in [2.05, 4.69) is 11.6 Å². The van der Waals surface area contributed by atoms with Crippen molar-refractivity contribution in [2.45, 2.75) is 0 Å². The Balaban J connectivity index is 1.82. The minimum atomic E-state index is -0.0651. The molecule has 0 atom stereocenters. The van der Waals surface area contributed by atoms with E-state index in [-0.39, 0.29) is 5.56 Å². The number of para-hydroxylation sites is 2. The molecule has 0 saturated heterocycles. The second-order valence-electron chi connectivity index (χ2n) is 5.64. The first-order valence-corrected chi connectivity index (χ1v) is 8.86. The van der Waals surface area contributed by atoms with Gasteiger partial charge >= 0.3 is 0 Å². The molecule has 2 heterocycles. The molecule has 0 aliphatic heterocycles. The lowest BCUT2D eigenvalue weighted by atomic mass is 10.2. The number of nitrogens with zero attached hydrogens (tertiary/aromatic N) is 2. The van der Waals surface area contributed by atoms with Crippen LogP contribution in [0.25, 0.3) is 22.1 Å². The van der Waals surface area contributed by atoms with Gasteiger partial charge in [-0.25, -0.2) is 9.38 Å². The fraction of sp³-hybridized carbons (Fsp3) is 0.100. The summed E-state index contributed by atoms with van der Waals surface area (Å²) in [5.41, 5.74) is 2.45. The largest absolute Gasteiger partial charge is 0.493 e. The Morgan fingerprint density at radius 2 is 2.08 bits per heavy atom. The molecule has 2 aromatic heterocycles. The predicted octanol–water partition coefficient (Wildman–Crippen LogP) is 3.03. The minimum absolute atomic E-state index is 0.0651. The van der Waals surface area contributed by atoms with Crippen LogP contribution >= 0.6 is 11.3 Å². The molecule has 0 aliphatic rings. The van der Waals surface area contributed by atoms with Crippen molar-refractivity contribution in [2.75, 3.05) is 13.7 Å². The molecule has 5 nitrogen and oxygen atoms in total. The van der Waals surface area contributed by atoms with E-state index in [1.807, 2.05) is 48.5 Å². The fourth-order valence-corrected chi connectivity index (χ4v) is 3.79. The third kappa shape index (κ3) is 2.74. The van der Waals surface area contributed by atoms with E-state index in [4.69, 9.17) is 9.47 Å². The maximum Gasteiger partial charge on any atom is 0.274 e. The first-order valence-electron chi connectivity index (χ1n) is 8.04. The van der Waals surface area contributed by atoms with Gasteiger partial charge in [0.05, 0.1) is 22.7 Å². The van der Waals surface area contributed by atoms with Gasteiger partial charge in [-0.05, 0) is 35.9 Å². The highest BCUT2D eigenvalue weighted by atomic mass is 32.1. The van der Waals surface area contributed by atoms with Crippen LogP contribution in [0.3, 0.4) is 0 Å². The third-order valence-electron chi connectivity index (χ3n) is 3.99. The highest BCUT2D eigenvalue weighted by molar-refractivity contribution is 7.15. The van der Waals surface area contributed by atoms with Crippen molar-refractivity contribution in [2.24, 2.45) is 0 Å². The lowest BCUT2D eigenvalue weighted by Gasteiger charge is -2.09. The molecule has 0 radical (unpaired) electrons. The standard InChI is InChI=1S/C20H16N2O3S/c1-3-10-25-16-9-8-13(11-17(16)24-2)12-18-19(23)22-15-7-5-4-6-14(15)21-20(22)26-18/h3-9,11-12H,1,10H2,2H3. The molecule has 0 unspecified atom stereocenters. The van der Waals surface area contributed by atoms with Crippen LogP contribution in [-0.2, 0) is 0 Å². The molecular formula is C20H16N2O3S. The van der Waals surface area contributed by atoms with Crippen molar-refractivity contribution in [1.29, 1.82) is 0 Å². The number of hydrogen-bond donors (Lipinski definition) is 0. The van der Waals surface area contributed by atoms with Crippen LogP contribution in [0.1, 0.15) is 5.56 Å². The molecule has 26 heavy (non-hydrogen) atoms. The Hall–Kier alpha value is -3.12. The summed E-state index contributed by atoms with van der Waals surface area (Å²) < 4.78 is 13.2. The maximum atomic E-state index is 12.8. The van der Waals surface area contributed by atoms with Crippen molar-refractivity contribution >= 4 is 33.4 Å². The van der Waals surface area contributed by atoms with Gasteiger partial charge in [0.2, 0.25) is 0 Å². The van der Waals surface area contributed by atoms with Crippen molar-refractivity contribution in [3.8, 4) is 11.5 Å². The molecule has 0 fully saturated rings. The van der Waals surface area contributed by atoms with E-state index in [0.717, 1.165) is 16.6 Å². The van der Waals surface area contributed by atoms with Crippen LogP contribution in [0.15, 0.2) is 59.9 Å². The number of benzene rings is 2. The predicted molar refractivity (Wildman–Crippen MR) is 104 cm³/mol. The van der Waals surface area contributed by atoms with Crippen LogP contribution in [0.4, 0.5) is 0 Å². The topological polar surface area (TPSA) is 52.8 Å². The normalized spacial score (nSPS) is 12.0. The molecule has 0 N–H and O–H groups in total. The molecule has 0 spiro atoms. The molecule has 4 aromatic rings. The van der Waals surface area contributed by atoms with Crippen LogP contribution in [0.2, 0.25) is 0 Å². The lowest BCUT2D eigenvalue weighted by Crippen LogP contribution is -2.22. The SMILES string of the molecule is C=CCOc1ccc(C=c2sc3nc4ccccc4n3c2=O)cc1OC. The Morgan fingerprint density at radius 1 is 1.23 bits per heavy atom. The zero-order valence-corrected chi connectivity index (χ0v) is 15.0. The number of fused-ring (bicyclic) bond motifs is 3. The summed E-state index contributed by atoms with van der Waals surface area (Å²) in [5, 5.41) is 0. The van der Waals surface area contributed by atoms with Gasteiger partial charge in [0.15, 0.2) is 16.5 Å². The Labute approximate surface area is 153 Å². The first kappa shape index (κ1) is 16.4. The van der Waals surface area contributed by atoms with Crippen LogP contribution in [0.5, 0.6) is 11.5 Å². The molecule has 0 saturated carbocycles. The first-order chi connectivity index (χ1) is 12.7. The van der Waals surface area contributed by atoms with Gasteiger partial charge in [-0.1, -0.05) is 42.2 Å². The third-order valence-corrected chi connectivity index (χ3v) is 4.96. The van der Waals surface area contributed by atoms with Crippen molar-refractivity contribution < 1.29 is 9.47 Å². The van der Waals surface area contributed by atoms with Crippen LogP contribution < -0.4 is 19.6 Å². The number of methoxy groups -OCH3 is 1.